The van der Waals surface area contributed by atoms with Crippen LogP contribution < -0.4 is 31.8 Å². The lowest BCUT2D eigenvalue weighted by molar-refractivity contribution is -0.934. The van der Waals surface area contributed by atoms with E-state index in [2.05, 4.69) is 17.5 Å². The number of carbonyl (C=O) groups is 2. The number of hydrogen-bond donors (Lipinski definition) is 2. The zero-order valence-electron chi connectivity index (χ0n) is 21.3. The van der Waals surface area contributed by atoms with E-state index in [0.717, 1.165) is 55.5 Å². The smallest absolute Gasteiger partial charge is 0.217 e. The number of benzene rings is 2. The van der Waals surface area contributed by atoms with Gasteiger partial charge in [-0.15, -0.1) is 0 Å². The Balaban J connectivity index is 0.00000264. The molecule has 0 radical (unpaired) electrons. The van der Waals surface area contributed by atoms with E-state index in [1.807, 2.05) is 31.2 Å². The van der Waals surface area contributed by atoms with E-state index in [-0.39, 0.29) is 40.5 Å². The van der Waals surface area contributed by atoms with Gasteiger partial charge < -0.3 is 41.4 Å². The number of anilines is 1. The maximum atomic E-state index is 13.9. The van der Waals surface area contributed by atoms with E-state index in [4.69, 9.17) is 9.47 Å². The third-order valence-corrected chi connectivity index (χ3v) is 9.49. The van der Waals surface area contributed by atoms with Gasteiger partial charge in [-0.1, -0.05) is 18.2 Å². The van der Waals surface area contributed by atoms with Gasteiger partial charge in [0.2, 0.25) is 5.78 Å². The third kappa shape index (κ3) is 3.29. The van der Waals surface area contributed by atoms with Crippen LogP contribution in [0.5, 0.6) is 17.2 Å². The van der Waals surface area contributed by atoms with Crippen molar-refractivity contribution in [1.29, 1.82) is 0 Å². The van der Waals surface area contributed by atoms with Crippen molar-refractivity contribution in [3.05, 3.63) is 70.4 Å². The van der Waals surface area contributed by atoms with Crippen molar-refractivity contribution in [2.24, 2.45) is 5.92 Å². The number of fused-ring (bicyclic) bond motifs is 3. The summed E-state index contributed by atoms with van der Waals surface area (Å²) >= 11 is 0. The van der Waals surface area contributed by atoms with Crippen LogP contribution >= 0.6 is 0 Å². The molecule has 7 rings (SSSR count). The number of phenolic OH excluding ortho intramolecular Hbond substituents is 1. The van der Waals surface area contributed by atoms with Crippen LogP contribution in [0.25, 0.3) is 0 Å². The molecule has 4 heterocycles. The van der Waals surface area contributed by atoms with Crippen LogP contribution in [0.15, 0.2) is 59.3 Å². The van der Waals surface area contributed by atoms with Crippen LogP contribution in [0.3, 0.4) is 0 Å². The molecule has 4 atom stereocenters. The SMILES string of the molecule is C/C=C1/C[N+]2(CC(=O)c3ccc4c(c3)OCCCO4)CC[C@]34C(=C(C=O)[C@H]1C[C@@H]32)Nc1c(O)cccc14.[Br-]. The number of rotatable bonds is 4. The number of piperidine rings is 1. The predicted octanol–water partition coefficient (Wildman–Crippen LogP) is 1.13. The molecule has 1 spiro atoms. The fourth-order valence-electron chi connectivity index (χ4n) is 7.90. The second kappa shape index (κ2) is 8.99. The zero-order valence-corrected chi connectivity index (χ0v) is 22.9. The summed E-state index contributed by atoms with van der Waals surface area (Å²) in [6.07, 6.45) is 5.61. The van der Waals surface area contributed by atoms with Crippen molar-refractivity contribution in [2.45, 2.75) is 37.6 Å². The molecule has 0 aromatic heterocycles. The first-order valence-corrected chi connectivity index (χ1v) is 13.2. The molecular weight excluding hydrogens is 548 g/mol. The number of hydrogen-bond acceptors (Lipinski definition) is 6. The standard InChI is InChI=1S/C30H30N2O5.BrH/c1-2-18-15-32(16-24(35)19-7-8-25-26(13-19)37-12-4-11-36-25)10-9-30-22-5-3-6-23(34)28(22)31-29(30)21(17-33)20(18)14-27(30)32;/h2-3,5-8,13,17,20,27H,4,9-12,14-16H2,1H3,(H-,31,33,34);1H/b18-2-;/t20-,27-,30+,32?;/m0./s1. The van der Waals surface area contributed by atoms with Gasteiger partial charge in [0, 0.05) is 42.0 Å². The van der Waals surface area contributed by atoms with Crippen molar-refractivity contribution in [1.82, 2.24) is 0 Å². The molecule has 4 aliphatic heterocycles. The van der Waals surface area contributed by atoms with E-state index in [1.165, 1.54) is 5.57 Å². The molecule has 2 aromatic carbocycles. The first-order chi connectivity index (χ1) is 18.0. The Hall–Kier alpha value is -3.10. The molecule has 38 heavy (non-hydrogen) atoms. The summed E-state index contributed by atoms with van der Waals surface area (Å²) in [5.74, 6) is 1.66. The topological polar surface area (TPSA) is 84.9 Å². The van der Waals surface area contributed by atoms with Crippen molar-refractivity contribution in [2.75, 3.05) is 38.2 Å². The number of para-hydroxylation sites is 1. The van der Waals surface area contributed by atoms with Crippen LogP contribution in [-0.2, 0) is 10.2 Å². The number of halogens is 1. The number of phenols is 1. The molecule has 0 amide bonds. The second-order valence-corrected chi connectivity index (χ2v) is 11.1. The van der Waals surface area contributed by atoms with Gasteiger partial charge in [-0.2, -0.15) is 0 Å². The third-order valence-electron chi connectivity index (χ3n) is 9.49. The van der Waals surface area contributed by atoms with E-state index in [1.54, 1.807) is 6.07 Å². The van der Waals surface area contributed by atoms with Crippen molar-refractivity contribution >= 4 is 17.8 Å². The number of aromatic hydroxyl groups is 1. The van der Waals surface area contributed by atoms with Gasteiger partial charge in [0.05, 0.1) is 30.9 Å². The van der Waals surface area contributed by atoms with Gasteiger partial charge in [-0.3, -0.25) is 9.59 Å². The van der Waals surface area contributed by atoms with Crippen molar-refractivity contribution < 1.29 is 45.6 Å². The molecule has 1 unspecified atom stereocenters. The number of carbonyl (C=O) groups excluding carboxylic acids is 2. The highest BCUT2D eigenvalue weighted by molar-refractivity contribution is 5.98. The van der Waals surface area contributed by atoms with Crippen LogP contribution in [-0.4, -0.2) is 60.5 Å². The van der Waals surface area contributed by atoms with Gasteiger partial charge in [-0.25, -0.2) is 0 Å². The number of nitrogens with one attached hydrogen (secondary N) is 1. The summed E-state index contributed by atoms with van der Waals surface area (Å²) in [4.78, 5) is 26.4. The Bertz CT molecular complexity index is 1420. The lowest BCUT2D eigenvalue weighted by Crippen LogP contribution is -3.00. The number of allylic oxidation sites excluding steroid dienone is 2. The maximum absolute atomic E-state index is 13.9. The monoisotopic (exact) mass is 578 g/mol. The Morgan fingerprint density at radius 2 is 2.03 bits per heavy atom. The molecule has 7 nitrogen and oxygen atoms in total. The molecule has 2 fully saturated rings. The van der Waals surface area contributed by atoms with E-state index in [9.17, 15) is 14.7 Å². The summed E-state index contributed by atoms with van der Waals surface area (Å²) in [5.41, 5.74) is 4.96. The van der Waals surface area contributed by atoms with Crippen LogP contribution in [0.1, 0.15) is 42.1 Å². The molecule has 2 aromatic rings. The van der Waals surface area contributed by atoms with Crippen molar-refractivity contribution in [3.63, 3.8) is 0 Å². The molecule has 2 N–H and O–H groups in total. The lowest BCUT2D eigenvalue weighted by Gasteiger charge is -2.53. The molecular formula is C30H31BrN2O5. The molecule has 0 saturated carbocycles. The predicted molar refractivity (Wildman–Crippen MR) is 138 cm³/mol. The van der Waals surface area contributed by atoms with E-state index < -0.39 is 5.41 Å². The first kappa shape index (κ1) is 25.2. The zero-order chi connectivity index (χ0) is 25.4. The number of ketones is 1. The quantitative estimate of drug-likeness (QED) is 0.186. The summed E-state index contributed by atoms with van der Waals surface area (Å²) < 4.78 is 12.3. The maximum Gasteiger partial charge on any atom is 0.217 e. The molecule has 2 saturated heterocycles. The van der Waals surface area contributed by atoms with Crippen LogP contribution in [0.4, 0.5) is 5.69 Å². The van der Waals surface area contributed by atoms with E-state index >= 15 is 0 Å². The van der Waals surface area contributed by atoms with Gasteiger partial charge in [-0.05, 0) is 42.3 Å². The first-order valence-electron chi connectivity index (χ1n) is 13.2. The number of Topliss-reactive ketones (excluding diaryl/α,β-unsaturated/α-hetero) is 1. The van der Waals surface area contributed by atoms with Gasteiger partial charge >= 0.3 is 0 Å². The second-order valence-electron chi connectivity index (χ2n) is 11.1. The molecule has 5 aliphatic rings. The van der Waals surface area contributed by atoms with Gasteiger partial charge in [0.25, 0.3) is 0 Å². The van der Waals surface area contributed by atoms with Crippen LogP contribution in [0, 0.1) is 5.92 Å². The Morgan fingerprint density at radius 1 is 1.21 bits per heavy atom. The molecule has 1 aliphatic carbocycles. The molecule has 2 bridgehead atoms. The molecule has 198 valence electrons. The largest absolute Gasteiger partial charge is 1.00 e. The van der Waals surface area contributed by atoms with Gasteiger partial charge in [0.1, 0.15) is 31.2 Å². The average Bonchev–Trinajstić information content (AvgIpc) is 3.32. The number of ether oxygens (including phenoxy) is 2. The summed E-state index contributed by atoms with van der Waals surface area (Å²) in [7, 11) is 0. The summed E-state index contributed by atoms with van der Waals surface area (Å²) in [6, 6.07) is 11.3. The summed E-state index contributed by atoms with van der Waals surface area (Å²) in [5, 5.41) is 14.2. The highest BCUT2D eigenvalue weighted by atomic mass is 79.9. The Labute approximate surface area is 232 Å². The highest BCUT2D eigenvalue weighted by Gasteiger charge is 2.69. The Morgan fingerprint density at radius 3 is 2.82 bits per heavy atom. The number of quaternary nitrogens is 1. The minimum Gasteiger partial charge on any atom is -1.00 e. The van der Waals surface area contributed by atoms with E-state index in [0.29, 0.717) is 47.0 Å². The van der Waals surface area contributed by atoms with Crippen LogP contribution in [0.2, 0.25) is 0 Å². The number of nitrogens with zero attached hydrogens (tertiary/aromatic N) is 1. The minimum absolute atomic E-state index is 0. The van der Waals surface area contributed by atoms with Gasteiger partial charge in [0.15, 0.2) is 11.5 Å². The minimum atomic E-state index is -0.398. The summed E-state index contributed by atoms with van der Waals surface area (Å²) in [6.45, 7) is 5.19. The fourth-order valence-corrected chi connectivity index (χ4v) is 7.90. The normalized spacial score (nSPS) is 31.0. The van der Waals surface area contributed by atoms with Crippen molar-refractivity contribution in [3.8, 4) is 17.2 Å². The lowest BCUT2D eigenvalue weighted by atomic mass is 9.61. The number of aldehydes is 1. The fraction of sp³-hybridized carbons (Fsp3) is 0.400. The average molecular weight is 579 g/mol. The Kier molecular flexibility index (Phi) is 5.96. The highest BCUT2D eigenvalue weighted by Crippen LogP contribution is 2.64. The molecule has 8 heteroatoms.